The summed E-state index contributed by atoms with van der Waals surface area (Å²) in [6, 6.07) is 18.0. The van der Waals surface area contributed by atoms with Crippen molar-refractivity contribution in [1.29, 1.82) is 0 Å². The Balaban J connectivity index is 1.82. The minimum absolute atomic E-state index is 0.117. The first-order chi connectivity index (χ1) is 12.7. The third-order valence-electron chi connectivity index (χ3n) is 4.00. The fourth-order valence-electron chi connectivity index (χ4n) is 2.45. The van der Waals surface area contributed by atoms with Gasteiger partial charge in [0.05, 0.1) is 19.8 Å². The fourth-order valence-corrected chi connectivity index (χ4v) is 2.45. The zero-order chi connectivity index (χ0) is 18.6. The standard InChI is InChI=1S/C22H27NO3/c1-3-4-14-26-18(2)22(24)23-15-20-12-8-9-13-21(20)17-25-16-19-10-6-5-7-11-19/h3,5-13,18H,1,4,14-17H2,2H3,(H,23,24). The van der Waals surface area contributed by atoms with E-state index in [1.165, 1.54) is 0 Å². The predicted octanol–water partition coefficient (Wildman–Crippen LogP) is 4.00. The van der Waals surface area contributed by atoms with E-state index in [4.69, 9.17) is 9.47 Å². The molecule has 0 bridgehead atoms. The molecule has 2 rings (SSSR count). The summed E-state index contributed by atoms with van der Waals surface area (Å²) in [5.41, 5.74) is 3.26. The largest absolute Gasteiger partial charge is 0.372 e. The lowest BCUT2D eigenvalue weighted by Crippen LogP contribution is -2.34. The minimum Gasteiger partial charge on any atom is -0.372 e. The number of carbonyl (C=O) groups is 1. The first-order valence-electron chi connectivity index (χ1n) is 8.89. The minimum atomic E-state index is -0.476. The Morgan fingerprint density at radius 2 is 1.77 bits per heavy atom. The first-order valence-corrected chi connectivity index (χ1v) is 8.89. The lowest BCUT2D eigenvalue weighted by molar-refractivity contribution is -0.131. The highest BCUT2D eigenvalue weighted by Crippen LogP contribution is 2.12. The SMILES string of the molecule is C=CCCOC(C)C(=O)NCc1ccccc1COCc1ccccc1. The molecule has 1 atom stereocenters. The van der Waals surface area contributed by atoms with Crippen molar-refractivity contribution in [2.24, 2.45) is 0 Å². The van der Waals surface area contributed by atoms with E-state index in [9.17, 15) is 4.79 Å². The molecule has 1 unspecified atom stereocenters. The number of amides is 1. The first kappa shape index (κ1) is 19.9. The van der Waals surface area contributed by atoms with Crippen LogP contribution in [0.3, 0.4) is 0 Å². The highest BCUT2D eigenvalue weighted by Gasteiger charge is 2.13. The van der Waals surface area contributed by atoms with Crippen LogP contribution >= 0.6 is 0 Å². The molecule has 0 aliphatic carbocycles. The van der Waals surface area contributed by atoms with Gasteiger partial charge in [0, 0.05) is 6.54 Å². The van der Waals surface area contributed by atoms with Gasteiger partial charge in [0.15, 0.2) is 0 Å². The van der Waals surface area contributed by atoms with Crippen LogP contribution in [0.5, 0.6) is 0 Å². The molecule has 0 spiro atoms. The van der Waals surface area contributed by atoms with Crippen LogP contribution in [-0.2, 0) is 34.0 Å². The topological polar surface area (TPSA) is 47.6 Å². The number of hydrogen-bond acceptors (Lipinski definition) is 3. The number of rotatable bonds is 11. The third kappa shape index (κ3) is 6.82. The molecule has 0 fully saturated rings. The van der Waals surface area contributed by atoms with Crippen LogP contribution in [0.25, 0.3) is 0 Å². The van der Waals surface area contributed by atoms with Gasteiger partial charge in [-0.15, -0.1) is 6.58 Å². The van der Waals surface area contributed by atoms with Crippen molar-refractivity contribution in [2.45, 2.75) is 39.2 Å². The molecule has 0 saturated heterocycles. The average molecular weight is 353 g/mol. The molecule has 0 aliphatic rings. The number of ether oxygens (including phenoxy) is 2. The Morgan fingerprint density at radius 3 is 2.50 bits per heavy atom. The van der Waals surface area contributed by atoms with E-state index in [2.05, 4.69) is 11.9 Å². The summed E-state index contributed by atoms with van der Waals surface area (Å²) in [5.74, 6) is -0.117. The molecule has 2 aromatic rings. The van der Waals surface area contributed by atoms with E-state index >= 15 is 0 Å². The second-order valence-electron chi connectivity index (χ2n) is 6.06. The Hall–Kier alpha value is -2.43. The van der Waals surface area contributed by atoms with Crippen molar-refractivity contribution in [3.8, 4) is 0 Å². The maximum absolute atomic E-state index is 12.1. The number of hydrogen-bond donors (Lipinski definition) is 1. The monoisotopic (exact) mass is 353 g/mol. The Labute approximate surface area is 155 Å². The molecular formula is C22H27NO3. The Morgan fingerprint density at radius 1 is 1.08 bits per heavy atom. The second-order valence-corrected chi connectivity index (χ2v) is 6.06. The smallest absolute Gasteiger partial charge is 0.249 e. The maximum atomic E-state index is 12.1. The van der Waals surface area contributed by atoms with Gasteiger partial charge in [0.1, 0.15) is 6.10 Å². The highest BCUT2D eigenvalue weighted by atomic mass is 16.5. The van der Waals surface area contributed by atoms with Crippen LogP contribution in [0.15, 0.2) is 67.3 Å². The summed E-state index contributed by atoms with van der Waals surface area (Å²) in [6.45, 7) is 7.43. The molecule has 0 aromatic heterocycles. The van der Waals surface area contributed by atoms with Crippen LogP contribution in [0.4, 0.5) is 0 Å². The van der Waals surface area contributed by atoms with Gasteiger partial charge in [-0.1, -0.05) is 60.7 Å². The Bertz CT molecular complexity index is 685. The number of nitrogens with one attached hydrogen (secondary N) is 1. The van der Waals surface area contributed by atoms with Gasteiger partial charge in [0.25, 0.3) is 0 Å². The number of benzene rings is 2. The summed E-state index contributed by atoms with van der Waals surface area (Å²) in [5, 5.41) is 2.93. The lowest BCUT2D eigenvalue weighted by Gasteiger charge is -2.15. The van der Waals surface area contributed by atoms with E-state index in [-0.39, 0.29) is 5.91 Å². The molecule has 0 heterocycles. The van der Waals surface area contributed by atoms with Crippen LogP contribution in [0.1, 0.15) is 30.0 Å². The van der Waals surface area contributed by atoms with E-state index in [0.717, 1.165) is 23.1 Å². The van der Waals surface area contributed by atoms with Crippen molar-refractivity contribution in [2.75, 3.05) is 6.61 Å². The Kier molecular flexibility index (Phi) is 8.60. The molecule has 2 aromatic carbocycles. The van der Waals surface area contributed by atoms with Crippen LogP contribution < -0.4 is 5.32 Å². The van der Waals surface area contributed by atoms with E-state index in [1.807, 2.05) is 54.6 Å². The van der Waals surface area contributed by atoms with Gasteiger partial charge in [-0.2, -0.15) is 0 Å². The quantitative estimate of drug-likeness (QED) is 0.491. The third-order valence-corrected chi connectivity index (χ3v) is 4.00. The molecule has 1 amide bonds. The van der Waals surface area contributed by atoms with Gasteiger partial charge < -0.3 is 14.8 Å². The molecule has 138 valence electrons. The highest BCUT2D eigenvalue weighted by molar-refractivity contribution is 5.80. The van der Waals surface area contributed by atoms with E-state index in [1.54, 1.807) is 13.0 Å². The van der Waals surface area contributed by atoms with Gasteiger partial charge >= 0.3 is 0 Å². The summed E-state index contributed by atoms with van der Waals surface area (Å²) in [4.78, 5) is 12.1. The molecule has 0 saturated carbocycles. The fraction of sp³-hybridized carbons (Fsp3) is 0.318. The molecule has 26 heavy (non-hydrogen) atoms. The maximum Gasteiger partial charge on any atom is 0.249 e. The zero-order valence-electron chi connectivity index (χ0n) is 15.3. The van der Waals surface area contributed by atoms with E-state index < -0.39 is 6.10 Å². The van der Waals surface area contributed by atoms with Gasteiger partial charge in [-0.05, 0) is 30.0 Å². The van der Waals surface area contributed by atoms with Crippen LogP contribution in [0, 0.1) is 0 Å². The van der Waals surface area contributed by atoms with Gasteiger partial charge in [-0.3, -0.25) is 4.79 Å². The predicted molar refractivity (Wildman–Crippen MR) is 103 cm³/mol. The number of carbonyl (C=O) groups excluding carboxylic acids is 1. The summed E-state index contributed by atoms with van der Waals surface area (Å²) >= 11 is 0. The molecule has 0 aliphatic heterocycles. The summed E-state index contributed by atoms with van der Waals surface area (Å²) < 4.78 is 11.3. The summed E-state index contributed by atoms with van der Waals surface area (Å²) in [7, 11) is 0. The van der Waals surface area contributed by atoms with Crippen molar-refractivity contribution >= 4 is 5.91 Å². The molecule has 1 N–H and O–H groups in total. The molecule has 4 heteroatoms. The molecule has 4 nitrogen and oxygen atoms in total. The van der Waals surface area contributed by atoms with Crippen molar-refractivity contribution in [3.63, 3.8) is 0 Å². The molecule has 0 radical (unpaired) electrons. The normalized spacial score (nSPS) is 11.7. The van der Waals surface area contributed by atoms with Crippen molar-refractivity contribution in [3.05, 3.63) is 83.9 Å². The average Bonchev–Trinajstić information content (AvgIpc) is 2.68. The van der Waals surface area contributed by atoms with Crippen LogP contribution in [-0.4, -0.2) is 18.6 Å². The van der Waals surface area contributed by atoms with E-state index in [0.29, 0.717) is 26.4 Å². The van der Waals surface area contributed by atoms with Crippen LogP contribution in [0.2, 0.25) is 0 Å². The van der Waals surface area contributed by atoms with Gasteiger partial charge in [0.2, 0.25) is 5.91 Å². The molecular weight excluding hydrogens is 326 g/mol. The van der Waals surface area contributed by atoms with Crippen molar-refractivity contribution < 1.29 is 14.3 Å². The second kappa shape index (κ2) is 11.2. The van der Waals surface area contributed by atoms with Crippen molar-refractivity contribution in [1.82, 2.24) is 5.32 Å². The van der Waals surface area contributed by atoms with Gasteiger partial charge in [-0.25, -0.2) is 0 Å². The zero-order valence-corrected chi connectivity index (χ0v) is 15.3. The summed E-state index contributed by atoms with van der Waals surface area (Å²) in [6.07, 6.45) is 2.03. The lowest BCUT2D eigenvalue weighted by atomic mass is 10.1.